The minimum Gasteiger partial charge on any atom is -0.479 e. The zero-order valence-electron chi connectivity index (χ0n) is 10.9. The number of ether oxygens (including phenoxy) is 3. The lowest BCUT2D eigenvalue weighted by molar-refractivity contribution is -0.154. The van der Waals surface area contributed by atoms with E-state index in [-0.39, 0.29) is 30.9 Å². The minimum atomic E-state index is -1.09. The number of benzene rings is 1. The van der Waals surface area contributed by atoms with Crippen molar-refractivity contribution in [1.82, 2.24) is 4.90 Å². The molecule has 8 heteroatoms. The van der Waals surface area contributed by atoms with Crippen molar-refractivity contribution in [1.29, 1.82) is 0 Å². The second kappa shape index (κ2) is 5.42. The number of carboxylic acid groups (broad SMARTS) is 1. The number of morpholine rings is 1. The second-order valence-corrected chi connectivity index (χ2v) is 5.05. The maximum absolute atomic E-state index is 12.4. The lowest BCUT2D eigenvalue weighted by Gasteiger charge is -2.31. The summed E-state index contributed by atoms with van der Waals surface area (Å²) in [6, 6.07) is 3.03. The van der Waals surface area contributed by atoms with Crippen molar-refractivity contribution in [2.24, 2.45) is 0 Å². The largest absolute Gasteiger partial charge is 0.479 e. The Bertz CT molecular complexity index is 605. The molecule has 21 heavy (non-hydrogen) atoms. The van der Waals surface area contributed by atoms with Crippen LogP contribution in [-0.2, 0) is 9.53 Å². The van der Waals surface area contributed by atoms with E-state index in [9.17, 15) is 9.59 Å². The third kappa shape index (κ3) is 2.62. The topological polar surface area (TPSA) is 85.3 Å². The lowest BCUT2D eigenvalue weighted by atomic mass is 10.1. The van der Waals surface area contributed by atoms with Gasteiger partial charge in [0.15, 0.2) is 17.6 Å². The van der Waals surface area contributed by atoms with Gasteiger partial charge in [0, 0.05) is 12.1 Å². The van der Waals surface area contributed by atoms with Gasteiger partial charge in [-0.2, -0.15) is 0 Å². The van der Waals surface area contributed by atoms with Crippen LogP contribution in [0.1, 0.15) is 10.4 Å². The smallest absolute Gasteiger partial charge is 0.334 e. The van der Waals surface area contributed by atoms with E-state index in [1.165, 1.54) is 11.0 Å². The average Bonchev–Trinajstić information content (AvgIpc) is 2.95. The Morgan fingerprint density at radius 3 is 2.90 bits per heavy atom. The molecule has 0 saturated carbocycles. The molecule has 0 bridgehead atoms. The molecular weight excluding hydrogens is 302 g/mol. The molecule has 1 fully saturated rings. The summed E-state index contributed by atoms with van der Waals surface area (Å²) in [4.78, 5) is 24.8. The number of halogens is 1. The third-order valence-electron chi connectivity index (χ3n) is 3.30. The number of carboxylic acids is 1. The molecule has 7 nitrogen and oxygen atoms in total. The maximum Gasteiger partial charge on any atom is 0.334 e. The van der Waals surface area contributed by atoms with Gasteiger partial charge in [-0.1, -0.05) is 11.6 Å². The van der Waals surface area contributed by atoms with Gasteiger partial charge in [-0.3, -0.25) is 4.79 Å². The van der Waals surface area contributed by atoms with Crippen LogP contribution in [0.2, 0.25) is 5.02 Å². The highest BCUT2D eigenvalue weighted by Crippen LogP contribution is 2.40. The predicted molar refractivity (Wildman–Crippen MR) is 70.9 cm³/mol. The summed E-state index contributed by atoms with van der Waals surface area (Å²) in [6.45, 7) is 0.571. The van der Waals surface area contributed by atoms with Gasteiger partial charge in [-0.05, 0) is 12.1 Å². The van der Waals surface area contributed by atoms with Crippen LogP contribution < -0.4 is 9.47 Å². The van der Waals surface area contributed by atoms with Crippen molar-refractivity contribution < 1.29 is 28.9 Å². The van der Waals surface area contributed by atoms with Crippen LogP contribution in [0.5, 0.6) is 11.5 Å². The first-order valence-electron chi connectivity index (χ1n) is 6.29. The van der Waals surface area contributed by atoms with Gasteiger partial charge in [-0.25, -0.2) is 4.79 Å². The number of carbonyl (C=O) groups is 2. The van der Waals surface area contributed by atoms with Gasteiger partial charge in [-0.15, -0.1) is 0 Å². The van der Waals surface area contributed by atoms with Crippen LogP contribution in [0.4, 0.5) is 0 Å². The number of amides is 1. The number of hydrogen-bond acceptors (Lipinski definition) is 5. The zero-order chi connectivity index (χ0) is 15.0. The fourth-order valence-corrected chi connectivity index (χ4v) is 2.52. The normalized spacial score (nSPS) is 20.4. The third-order valence-corrected chi connectivity index (χ3v) is 3.58. The van der Waals surface area contributed by atoms with Gasteiger partial charge in [0.05, 0.1) is 18.2 Å². The summed E-state index contributed by atoms with van der Waals surface area (Å²) in [6.07, 6.45) is -1.01. The van der Waals surface area contributed by atoms with E-state index in [4.69, 9.17) is 30.9 Å². The first kappa shape index (κ1) is 14.0. The molecule has 2 aliphatic heterocycles. The summed E-state index contributed by atoms with van der Waals surface area (Å²) < 4.78 is 15.5. The highest BCUT2D eigenvalue weighted by Gasteiger charge is 2.30. The van der Waals surface area contributed by atoms with E-state index in [0.29, 0.717) is 23.6 Å². The molecule has 1 aromatic carbocycles. The zero-order valence-corrected chi connectivity index (χ0v) is 11.6. The molecule has 1 aromatic rings. The fourth-order valence-electron chi connectivity index (χ4n) is 2.26. The number of fused-ring (bicyclic) bond motifs is 1. The molecular formula is C13H12ClNO6. The molecule has 1 atom stereocenters. The molecule has 1 amide bonds. The van der Waals surface area contributed by atoms with Crippen LogP contribution >= 0.6 is 11.6 Å². The van der Waals surface area contributed by atoms with Gasteiger partial charge >= 0.3 is 5.97 Å². The van der Waals surface area contributed by atoms with E-state index in [0.717, 1.165) is 0 Å². The minimum absolute atomic E-state index is 0.000226. The van der Waals surface area contributed by atoms with Gasteiger partial charge in [0.25, 0.3) is 5.91 Å². The number of hydrogen-bond donors (Lipinski definition) is 1. The Balaban J connectivity index is 1.82. The van der Waals surface area contributed by atoms with Crippen molar-refractivity contribution in [3.05, 3.63) is 22.7 Å². The molecule has 3 rings (SSSR count). The first-order chi connectivity index (χ1) is 10.1. The molecule has 0 unspecified atom stereocenters. The number of nitrogens with zero attached hydrogens (tertiary/aromatic N) is 1. The number of carbonyl (C=O) groups excluding carboxylic acids is 1. The average molecular weight is 314 g/mol. The molecule has 2 heterocycles. The number of aliphatic carboxylic acids is 1. The molecule has 112 valence electrons. The Hall–Kier alpha value is -1.99. The molecule has 0 aliphatic carbocycles. The van der Waals surface area contributed by atoms with Crippen LogP contribution in [0, 0.1) is 0 Å². The predicted octanol–water partition coefficient (Wildman–Crippen LogP) is 0.994. The van der Waals surface area contributed by atoms with E-state index in [2.05, 4.69) is 0 Å². The van der Waals surface area contributed by atoms with Crippen LogP contribution in [0.15, 0.2) is 12.1 Å². The molecule has 0 spiro atoms. The van der Waals surface area contributed by atoms with E-state index >= 15 is 0 Å². The lowest BCUT2D eigenvalue weighted by Crippen LogP contribution is -2.48. The van der Waals surface area contributed by atoms with E-state index in [1.54, 1.807) is 6.07 Å². The highest BCUT2D eigenvalue weighted by atomic mass is 35.5. The number of rotatable bonds is 2. The first-order valence-corrected chi connectivity index (χ1v) is 6.67. The van der Waals surface area contributed by atoms with E-state index < -0.39 is 12.1 Å². The van der Waals surface area contributed by atoms with Gasteiger partial charge in [0.2, 0.25) is 6.79 Å². The van der Waals surface area contributed by atoms with Crippen LogP contribution in [-0.4, -0.2) is 54.5 Å². The van der Waals surface area contributed by atoms with E-state index in [1.807, 2.05) is 0 Å². The van der Waals surface area contributed by atoms with Crippen molar-refractivity contribution >= 4 is 23.5 Å². The summed E-state index contributed by atoms with van der Waals surface area (Å²) in [7, 11) is 0. The summed E-state index contributed by atoms with van der Waals surface area (Å²) in [5, 5.41) is 9.25. The summed E-state index contributed by atoms with van der Waals surface area (Å²) >= 11 is 6.04. The monoisotopic (exact) mass is 313 g/mol. The summed E-state index contributed by atoms with van der Waals surface area (Å²) in [5.41, 5.74) is 0.329. The van der Waals surface area contributed by atoms with Crippen molar-refractivity contribution in [3.8, 4) is 11.5 Å². The maximum atomic E-state index is 12.4. The van der Waals surface area contributed by atoms with Crippen molar-refractivity contribution in [2.45, 2.75) is 6.10 Å². The van der Waals surface area contributed by atoms with Crippen LogP contribution in [0.25, 0.3) is 0 Å². The molecule has 0 aromatic heterocycles. The van der Waals surface area contributed by atoms with Gasteiger partial charge in [0.1, 0.15) is 0 Å². The summed E-state index contributed by atoms with van der Waals surface area (Å²) in [5.74, 6) is -0.575. The molecule has 0 radical (unpaired) electrons. The highest BCUT2D eigenvalue weighted by molar-refractivity contribution is 6.32. The standard InChI is InChI=1S/C13H12ClNO6/c14-8-3-7(4-9-11(8)21-6-20-9)12(16)15-1-2-19-10(5-15)13(17)18/h3-4,10H,1-2,5-6H2,(H,17,18)/t10-/m1/s1. The fraction of sp³-hybridized carbons (Fsp3) is 0.385. The molecule has 2 aliphatic rings. The Kier molecular flexibility index (Phi) is 3.60. The Labute approximate surface area is 124 Å². The van der Waals surface area contributed by atoms with Crippen molar-refractivity contribution in [3.63, 3.8) is 0 Å². The molecule has 1 N–H and O–H groups in total. The van der Waals surface area contributed by atoms with Crippen LogP contribution in [0.3, 0.4) is 0 Å². The second-order valence-electron chi connectivity index (χ2n) is 4.64. The Morgan fingerprint density at radius 2 is 2.14 bits per heavy atom. The van der Waals surface area contributed by atoms with Crippen molar-refractivity contribution in [2.75, 3.05) is 26.5 Å². The van der Waals surface area contributed by atoms with Gasteiger partial charge < -0.3 is 24.2 Å². The quantitative estimate of drug-likeness (QED) is 0.876. The molecule has 1 saturated heterocycles. The SMILES string of the molecule is O=C(O)[C@H]1CN(C(=O)c2cc(Cl)c3c(c2)OCO3)CCO1. The Morgan fingerprint density at radius 1 is 1.33 bits per heavy atom.